The molecule has 0 spiro atoms. The van der Waals surface area contributed by atoms with Gasteiger partial charge in [0.2, 0.25) is 5.95 Å². The maximum absolute atomic E-state index is 13.3. The minimum atomic E-state index is -0.666. The van der Waals surface area contributed by atoms with E-state index in [0.717, 1.165) is 18.1 Å². The van der Waals surface area contributed by atoms with Crippen molar-refractivity contribution in [3.63, 3.8) is 0 Å². The molecule has 0 radical (unpaired) electrons. The van der Waals surface area contributed by atoms with E-state index in [2.05, 4.69) is 19.9 Å². The molecule has 0 aliphatic carbocycles. The molecule has 6 nitrogen and oxygen atoms in total. The zero-order valence-electron chi connectivity index (χ0n) is 12.6. The van der Waals surface area contributed by atoms with Gasteiger partial charge in [0.1, 0.15) is 11.4 Å². The minimum Gasteiger partial charge on any atom is -0.379 e. The fraction of sp³-hybridized carbons (Fsp3) is 0.333. The van der Waals surface area contributed by atoms with Gasteiger partial charge in [0.05, 0.1) is 30.8 Å². The third kappa shape index (κ3) is 2.48. The van der Waals surface area contributed by atoms with Crippen LogP contribution in [0, 0.1) is 17.6 Å². The van der Waals surface area contributed by atoms with Gasteiger partial charge in [-0.15, -0.1) is 0 Å². The average Bonchev–Trinajstić information content (AvgIpc) is 2.96. The number of fused-ring (bicyclic) bond motifs is 1. The van der Waals surface area contributed by atoms with Gasteiger partial charge in [-0.2, -0.15) is 0 Å². The van der Waals surface area contributed by atoms with Crippen LogP contribution < -0.4 is 10.6 Å². The van der Waals surface area contributed by atoms with E-state index in [9.17, 15) is 8.78 Å². The van der Waals surface area contributed by atoms with Crippen molar-refractivity contribution in [3.05, 3.63) is 48.1 Å². The Hall–Kier alpha value is -2.29. The number of hydrogen-bond donors (Lipinski definition) is 1. The summed E-state index contributed by atoms with van der Waals surface area (Å²) in [5.74, 6) is 0.452. The average molecular weight is 348 g/mol. The van der Waals surface area contributed by atoms with Crippen molar-refractivity contribution in [2.24, 2.45) is 16.6 Å². The first kappa shape index (κ1) is 15.3. The van der Waals surface area contributed by atoms with Crippen LogP contribution in [-0.4, -0.2) is 39.0 Å². The third-order valence-electron chi connectivity index (χ3n) is 4.35. The summed E-state index contributed by atoms with van der Waals surface area (Å²) >= 11 is 1.49. The van der Waals surface area contributed by atoms with E-state index in [4.69, 9.17) is 5.73 Å². The largest absolute Gasteiger partial charge is 0.379 e. The summed E-state index contributed by atoms with van der Waals surface area (Å²) in [5.41, 5.74) is 5.96. The number of thioether (sulfide) groups is 1. The fourth-order valence-corrected chi connectivity index (χ4v) is 4.21. The van der Waals surface area contributed by atoms with Gasteiger partial charge in [-0.1, -0.05) is 11.8 Å². The molecular formula is C15H14F2N6S. The van der Waals surface area contributed by atoms with Crippen LogP contribution >= 0.6 is 11.8 Å². The van der Waals surface area contributed by atoms with Crippen LogP contribution in [0.15, 0.2) is 35.7 Å². The molecule has 2 aromatic rings. The Labute approximate surface area is 141 Å². The molecule has 4 rings (SSSR count). The second-order valence-corrected chi connectivity index (χ2v) is 6.87. The molecule has 2 atom stereocenters. The summed E-state index contributed by atoms with van der Waals surface area (Å²) in [6.07, 6.45) is 3.46. The van der Waals surface area contributed by atoms with Gasteiger partial charge in [0, 0.05) is 18.2 Å². The Kier molecular flexibility index (Phi) is 3.60. The summed E-state index contributed by atoms with van der Waals surface area (Å²) in [6, 6.07) is 3.02. The highest BCUT2D eigenvalue weighted by Gasteiger charge is 2.51. The first-order valence-electron chi connectivity index (χ1n) is 7.39. The molecular weight excluding hydrogens is 334 g/mol. The van der Waals surface area contributed by atoms with Gasteiger partial charge in [0.25, 0.3) is 0 Å². The van der Waals surface area contributed by atoms with E-state index in [0.29, 0.717) is 29.9 Å². The molecule has 0 bridgehead atoms. The number of pyridine rings is 1. The van der Waals surface area contributed by atoms with Crippen LogP contribution in [-0.2, 0) is 5.54 Å². The number of rotatable bonds is 2. The van der Waals surface area contributed by atoms with Crippen LogP contribution in [0.2, 0.25) is 0 Å². The standard InChI is InChI=1S/C15H14F2N6S/c16-10-1-2-12(19-3-10)15-8-23(14-20-4-11(17)5-21-14)6-9(15)7-24-13(18)22-15/h1-5,9H,6-8H2,(H2,18,22). The molecule has 2 unspecified atom stereocenters. The SMILES string of the molecule is NC1=NC2(c3ccc(F)cn3)CN(c3ncc(F)cn3)CC2CS1. The number of aromatic nitrogens is 3. The van der Waals surface area contributed by atoms with Crippen molar-refractivity contribution in [1.29, 1.82) is 0 Å². The molecule has 2 N–H and O–H groups in total. The predicted molar refractivity (Wildman–Crippen MR) is 87.6 cm³/mol. The Bertz CT molecular complexity index is 782. The van der Waals surface area contributed by atoms with Crippen molar-refractivity contribution in [2.45, 2.75) is 5.54 Å². The predicted octanol–water partition coefficient (Wildman–Crippen LogP) is 1.54. The summed E-state index contributed by atoms with van der Waals surface area (Å²) in [7, 11) is 0. The Morgan fingerprint density at radius 2 is 1.88 bits per heavy atom. The number of aliphatic imine (C=N–C) groups is 1. The van der Waals surface area contributed by atoms with Crippen LogP contribution in [0.1, 0.15) is 5.69 Å². The normalized spacial score (nSPS) is 26.2. The lowest BCUT2D eigenvalue weighted by molar-refractivity contribution is 0.376. The van der Waals surface area contributed by atoms with Crippen molar-refractivity contribution in [2.75, 3.05) is 23.7 Å². The van der Waals surface area contributed by atoms with Crippen molar-refractivity contribution >= 4 is 22.9 Å². The van der Waals surface area contributed by atoms with Crippen molar-refractivity contribution in [3.8, 4) is 0 Å². The highest BCUT2D eigenvalue weighted by Crippen LogP contribution is 2.45. The molecule has 124 valence electrons. The maximum atomic E-state index is 13.3. The van der Waals surface area contributed by atoms with E-state index in [-0.39, 0.29) is 5.92 Å². The summed E-state index contributed by atoms with van der Waals surface area (Å²) < 4.78 is 26.3. The summed E-state index contributed by atoms with van der Waals surface area (Å²) in [4.78, 5) is 18.9. The lowest BCUT2D eigenvalue weighted by atomic mass is 9.85. The molecule has 2 aliphatic rings. The van der Waals surface area contributed by atoms with Crippen LogP contribution in [0.4, 0.5) is 14.7 Å². The number of hydrogen-bond acceptors (Lipinski definition) is 7. The van der Waals surface area contributed by atoms with Crippen LogP contribution in [0.25, 0.3) is 0 Å². The number of anilines is 1. The molecule has 9 heteroatoms. The smallest absolute Gasteiger partial charge is 0.225 e. The van der Waals surface area contributed by atoms with Gasteiger partial charge in [-0.25, -0.2) is 23.7 Å². The molecule has 24 heavy (non-hydrogen) atoms. The van der Waals surface area contributed by atoms with Crippen LogP contribution in [0.3, 0.4) is 0 Å². The monoisotopic (exact) mass is 348 g/mol. The zero-order valence-corrected chi connectivity index (χ0v) is 13.4. The molecule has 2 aliphatic heterocycles. The number of amidine groups is 1. The fourth-order valence-electron chi connectivity index (χ4n) is 3.23. The maximum Gasteiger partial charge on any atom is 0.225 e. The van der Waals surface area contributed by atoms with Crippen molar-refractivity contribution < 1.29 is 8.78 Å². The van der Waals surface area contributed by atoms with Gasteiger partial charge in [-0.3, -0.25) is 4.98 Å². The first-order chi connectivity index (χ1) is 11.6. The van der Waals surface area contributed by atoms with E-state index >= 15 is 0 Å². The first-order valence-corrected chi connectivity index (χ1v) is 8.38. The second-order valence-electron chi connectivity index (χ2n) is 5.83. The second kappa shape index (κ2) is 5.66. The lowest BCUT2D eigenvalue weighted by Gasteiger charge is -2.33. The van der Waals surface area contributed by atoms with Gasteiger partial charge in [-0.05, 0) is 12.1 Å². The molecule has 1 saturated heterocycles. The molecule has 0 saturated carbocycles. The highest BCUT2D eigenvalue weighted by molar-refractivity contribution is 8.13. The van der Waals surface area contributed by atoms with E-state index in [1.807, 2.05) is 4.90 Å². The minimum absolute atomic E-state index is 0.126. The molecule has 0 amide bonds. The Balaban J connectivity index is 1.74. The molecule has 4 heterocycles. The van der Waals surface area contributed by atoms with Gasteiger partial charge < -0.3 is 10.6 Å². The number of halogens is 2. The zero-order chi connectivity index (χ0) is 16.7. The quantitative estimate of drug-likeness (QED) is 0.887. The molecule has 1 fully saturated rings. The van der Waals surface area contributed by atoms with Crippen molar-refractivity contribution in [1.82, 2.24) is 15.0 Å². The van der Waals surface area contributed by atoms with E-state index in [1.165, 1.54) is 24.0 Å². The third-order valence-corrected chi connectivity index (χ3v) is 5.31. The van der Waals surface area contributed by atoms with Gasteiger partial charge in [0.15, 0.2) is 11.0 Å². The van der Waals surface area contributed by atoms with Crippen LogP contribution in [0.5, 0.6) is 0 Å². The highest BCUT2D eigenvalue weighted by atomic mass is 32.2. The van der Waals surface area contributed by atoms with E-state index < -0.39 is 17.2 Å². The Morgan fingerprint density at radius 1 is 1.12 bits per heavy atom. The Morgan fingerprint density at radius 3 is 2.58 bits per heavy atom. The number of nitrogens with two attached hydrogens (primary N) is 1. The topological polar surface area (TPSA) is 80.3 Å². The molecule has 0 aromatic carbocycles. The number of nitrogens with zero attached hydrogens (tertiary/aromatic N) is 5. The lowest BCUT2D eigenvalue weighted by Crippen LogP contribution is -2.40. The summed E-state index contributed by atoms with van der Waals surface area (Å²) in [6.45, 7) is 1.11. The summed E-state index contributed by atoms with van der Waals surface area (Å²) in [5, 5.41) is 0.485. The van der Waals surface area contributed by atoms with Gasteiger partial charge >= 0.3 is 0 Å². The van der Waals surface area contributed by atoms with E-state index in [1.54, 1.807) is 6.07 Å². The molecule has 2 aromatic heterocycles.